The Balaban J connectivity index is 0.00000240. The number of guanidine groups is 1. The molecule has 162 valence electrons. The van der Waals surface area contributed by atoms with Crippen LogP contribution in [0, 0.1) is 0 Å². The van der Waals surface area contributed by atoms with Crippen LogP contribution in [0.25, 0.3) is 0 Å². The first kappa shape index (κ1) is 23.1. The minimum absolute atomic E-state index is 0. The van der Waals surface area contributed by atoms with Crippen LogP contribution in [0.3, 0.4) is 0 Å². The molecule has 1 aromatic carbocycles. The normalized spacial score (nSPS) is 28.1. The van der Waals surface area contributed by atoms with Crippen LogP contribution in [0.2, 0.25) is 5.02 Å². The lowest BCUT2D eigenvalue weighted by molar-refractivity contribution is 0.0180. The number of nitrogens with one attached hydrogen (secondary N) is 2. The lowest BCUT2D eigenvalue weighted by atomic mass is 9.96. The van der Waals surface area contributed by atoms with Crippen molar-refractivity contribution in [3.8, 4) is 0 Å². The molecule has 6 nitrogen and oxygen atoms in total. The number of halogens is 2. The summed E-state index contributed by atoms with van der Waals surface area (Å²) in [5, 5.41) is 7.81. The van der Waals surface area contributed by atoms with E-state index >= 15 is 0 Å². The molecule has 4 unspecified atom stereocenters. The largest absolute Gasteiger partial charge is 0.379 e. The summed E-state index contributed by atoms with van der Waals surface area (Å²) in [5.74, 6) is 0.869. The number of ether oxygens (including phenoxy) is 2. The Labute approximate surface area is 195 Å². The van der Waals surface area contributed by atoms with Crippen LogP contribution in [0.15, 0.2) is 29.3 Å². The van der Waals surface area contributed by atoms with Gasteiger partial charge >= 0.3 is 0 Å². The van der Waals surface area contributed by atoms with E-state index in [1.54, 1.807) is 0 Å². The number of morpholine rings is 1. The number of fused-ring (bicyclic) bond motifs is 2. The van der Waals surface area contributed by atoms with Gasteiger partial charge in [0.1, 0.15) is 0 Å². The quantitative estimate of drug-likeness (QED) is 0.334. The van der Waals surface area contributed by atoms with Crippen LogP contribution in [-0.2, 0) is 9.47 Å². The SMILES string of the molecule is CCNC(=NCC(c1ccccc1Cl)N1CCOCC1)NC1CC2CCC1O2.I. The van der Waals surface area contributed by atoms with Gasteiger partial charge in [-0.3, -0.25) is 9.89 Å². The molecule has 4 rings (SSSR count). The minimum atomic E-state index is 0. The predicted octanol–water partition coefficient (Wildman–Crippen LogP) is 3.21. The summed E-state index contributed by atoms with van der Waals surface area (Å²) < 4.78 is 11.5. The van der Waals surface area contributed by atoms with Crippen molar-refractivity contribution in [1.82, 2.24) is 15.5 Å². The number of hydrogen-bond acceptors (Lipinski definition) is 4. The molecule has 3 aliphatic heterocycles. The van der Waals surface area contributed by atoms with Gasteiger partial charge < -0.3 is 20.1 Å². The van der Waals surface area contributed by atoms with E-state index in [0.29, 0.717) is 24.8 Å². The summed E-state index contributed by atoms with van der Waals surface area (Å²) in [5.41, 5.74) is 1.13. The molecule has 4 atom stereocenters. The summed E-state index contributed by atoms with van der Waals surface area (Å²) in [6.45, 7) is 6.90. The Bertz CT molecular complexity index is 686. The van der Waals surface area contributed by atoms with E-state index in [9.17, 15) is 0 Å². The maximum absolute atomic E-state index is 6.54. The molecule has 0 aliphatic carbocycles. The molecular weight excluding hydrogens is 503 g/mol. The van der Waals surface area contributed by atoms with Gasteiger partial charge in [0, 0.05) is 24.7 Å². The Morgan fingerprint density at radius 1 is 1.28 bits per heavy atom. The molecule has 3 fully saturated rings. The summed E-state index contributed by atoms with van der Waals surface area (Å²) in [4.78, 5) is 7.38. The number of aliphatic imine (C=N–C) groups is 1. The molecule has 0 amide bonds. The minimum Gasteiger partial charge on any atom is -0.379 e. The van der Waals surface area contributed by atoms with Crippen LogP contribution in [0.1, 0.15) is 37.8 Å². The number of nitrogens with zero attached hydrogens (tertiary/aromatic N) is 2. The van der Waals surface area contributed by atoms with Crippen molar-refractivity contribution in [2.75, 3.05) is 39.4 Å². The molecule has 0 radical (unpaired) electrons. The van der Waals surface area contributed by atoms with Crippen molar-refractivity contribution in [3.63, 3.8) is 0 Å². The van der Waals surface area contributed by atoms with E-state index in [1.165, 1.54) is 6.42 Å². The molecule has 0 aromatic heterocycles. The second-order valence-corrected chi connectivity index (χ2v) is 8.17. The van der Waals surface area contributed by atoms with Gasteiger partial charge in [-0.05, 0) is 37.8 Å². The van der Waals surface area contributed by atoms with Crippen LogP contribution in [-0.4, -0.2) is 68.5 Å². The van der Waals surface area contributed by atoms with E-state index in [2.05, 4.69) is 34.6 Å². The molecular formula is C21H32ClIN4O2. The molecule has 0 saturated carbocycles. The van der Waals surface area contributed by atoms with E-state index in [1.807, 2.05) is 12.1 Å². The van der Waals surface area contributed by atoms with Gasteiger partial charge in [0.25, 0.3) is 0 Å². The zero-order chi connectivity index (χ0) is 19.3. The smallest absolute Gasteiger partial charge is 0.191 e. The molecule has 0 spiro atoms. The Hall–Kier alpha value is -0.610. The molecule has 29 heavy (non-hydrogen) atoms. The van der Waals surface area contributed by atoms with Crippen LogP contribution < -0.4 is 10.6 Å². The van der Waals surface area contributed by atoms with Crippen LogP contribution in [0.5, 0.6) is 0 Å². The summed E-state index contributed by atoms with van der Waals surface area (Å²) in [6.07, 6.45) is 4.17. The van der Waals surface area contributed by atoms with Gasteiger partial charge in [0.05, 0.1) is 44.1 Å². The molecule has 1 aromatic rings. The third-order valence-electron chi connectivity index (χ3n) is 5.95. The highest BCUT2D eigenvalue weighted by Crippen LogP contribution is 2.34. The fourth-order valence-corrected chi connectivity index (χ4v) is 4.77. The number of hydrogen-bond donors (Lipinski definition) is 2. The molecule has 3 heterocycles. The van der Waals surface area contributed by atoms with E-state index in [4.69, 9.17) is 26.1 Å². The molecule has 3 aliphatic rings. The first-order chi connectivity index (χ1) is 13.7. The fourth-order valence-electron chi connectivity index (χ4n) is 4.51. The van der Waals surface area contributed by atoms with Gasteiger partial charge in [-0.1, -0.05) is 29.8 Å². The van der Waals surface area contributed by atoms with Crippen molar-refractivity contribution >= 4 is 41.5 Å². The highest BCUT2D eigenvalue weighted by Gasteiger charge is 2.41. The Morgan fingerprint density at radius 3 is 2.72 bits per heavy atom. The predicted molar refractivity (Wildman–Crippen MR) is 127 cm³/mol. The van der Waals surface area contributed by atoms with E-state index < -0.39 is 0 Å². The molecule has 3 saturated heterocycles. The van der Waals surface area contributed by atoms with Gasteiger partial charge in [-0.2, -0.15) is 0 Å². The van der Waals surface area contributed by atoms with Gasteiger partial charge in [0.2, 0.25) is 0 Å². The maximum Gasteiger partial charge on any atom is 0.191 e. The molecule has 2 N–H and O–H groups in total. The summed E-state index contributed by atoms with van der Waals surface area (Å²) in [7, 11) is 0. The van der Waals surface area contributed by atoms with Crippen molar-refractivity contribution in [2.45, 2.75) is 50.5 Å². The maximum atomic E-state index is 6.54. The Morgan fingerprint density at radius 2 is 2.07 bits per heavy atom. The number of rotatable bonds is 6. The lowest BCUT2D eigenvalue weighted by Crippen LogP contribution is -2.48. The van der Waals surface area contributed by atoms with Crippen molar-refractivity contribution in [3.05, 3.63) is 34.9 Å². The average molecular weight is 535 g/mol. The van der Waals surface area contributed by atoms with Gasteiger partial charge in [0.15, 0.2) is 5.96 Å². The molecule has 2 bridgehead atoms. The lowest BCUT2D eigenvalue weighted by Gasteiger charge is -2.34. The van der Waals surface area contributed by atoms with Gasteiger partial charge in [-0.15, -0.1) is 24.0 Å². The Kier molecular flexibility index (Phi) is 8.85. The standard InChI is InChI=1S/C21H31ClN4O2.HI/c1-2-23-21(25-18-13-15-7-8-20(18)28-15)24-14-19(26-9-11-27-12-10-26)16-5-3-4-6-17(16)22;/h3-6,15,18-20H,2,7-14H2,1H3,(H2,23,24,25);1H. The van der Waals surface area contributed by atoms with Crippen molar-refractivity contribution in [1.29, 1.82) is 0 Å². The third-order valence-corrected chi connectivity index (χ3v) is 6.29. The average Bonchev–Trinajstić information content (AvgIpc) is 3.33. The first-order valence-electron chi connectivity index (χ1n) is 10.5. The van der Waals surface area contributed by atoms with Crippen molar-refractivity contribution in [2.24, 2.45) is 4.99 Å². The van der Waals surface area contributed by atoms with Gasteiger partial charge in [-0.25, -0.2) is 0 Å². The van der Waals surface area contributed by atoms with Crippen LogP contribution in [0.4, 0.5) is 0 Å². The van der Waals surface area contributed by atoms with E-state index in [-0.39, 0.29) is 30.0 Å². The van der Waals surface area contributed by atoms with E-state index in [0.717, 1.165) is 62.2 Å². The zero-order valence-electron chi connectivity index (χ0n) is 17.0. The monoisotopic (exact) mass is 534 g/mol. The highest BCUT2D eigenvalue weighted by molar-refractivity contribution is 14.0. The second kappa shape index (κ2) is 11.1. The topological polar surface area (TPSA) is 58.1 Å². The first-order valence-corrected chi connectivity index (χ1v) is 10.9. The number of benzene rings is 1. The van der Waals surface area contributed by atoms with Crippen molar-refractivity contribution < 1.29 is 9.47 Å². The molecule has 8 heteroatoms. The second-order valence-electron chi connectivity index (χ2n) is 7.77. The summed E-state index contributed by atoms with van der Waals surface area (Å²) in [6, 6.07) is 8.61. The zero-order valence-corrected chi connectivity index (χ0v) is 20.1. The van der Waals surface area contributed by atoms with Crippen LogP contribution >= 0.6 is 35.6 Å². The third kappa shape index (κ3) is 5.76. The summed E-state index contributed by atoms with van der Waals surface area (Å²) >= 11 is 6.54. The fraction of sp³-hybridized carbons (Fsp3) is 0.667. The highest BCUT2D eigenvalue weighted by atomic mass is 127.